The molecule has 2 unspecified atom stereocenters. The van der Waals surface area contributed by atoms with Gasteiger partial charge in [0, 0.05) is 18.0 Å². The van der Waals surface area contributed by atoms with Crippen LogP contribution in [0.4, 0.5) is 0 Å². The van der Waals surface area contributed by atoms with Crippen LogP contribution in [-0.4, -0.2) is 49.1 Å². The molecule has 2 atom stereocenters. The lowest BCUT2D eigenvalue weighted by Crippen LogP contribution is -2.45. The fourth-order valence-electron chi connectivity index (χ4n) is 2.63. The first kappa shape index (κ1) is 17.9. The van der Waals surface area contributed by atoms with Crippen molar-refractivity contribution in [1.82, 2.24) is 9.62 Å². The molecule has 0 bridgehead atoms. The molecule has 2 rings (SSSR count). The summed E-state index contributed by atoms with van der Waals surface area (Å²) in [4.78, 5) is 24.2. The zero-order chi connectivity index (χ0) is 17.0. The van der Waals surface area contributed by atoms with Crippen molar-refractivity contribution in [2.24, 2.45) is 5.92 Å². The standard InChI is InChI=1S/C14H20N2O5S2/c1-23(20,21)16-6-2-4-10(9-16)14(19)15-11(8-13(17)18)12-5-3-7-22-12/h3,5,7,10-11H,2,4,6,8-9H2,1H3,(H,15,19)(H,17,18). The number of nitrogens with zero attached hydrogens (tertiary/aromatic N) is 1. The van der Waals surface area contributed by atoms with Crippen LogP contribution in [0.3, 0.4) is 0 Å². The van der Waals surface area contributed by atoms with E-state index in [1.807, 2.05) is 5.38 Å². The van der Waals surface area contributed by atoms with E-state index in [1.165, 1.54) is 15.6 Å². The number of rotatable bonds is 6. The molecule has 23 heavy (non-hydrogen) atoms. The normalized spacial score (nSPS) is 20.8. The molecule has 0 spiro atoms. The van der Waals surface area contributed by atoms with Crippen LogP contribution in [0.1, 0.15) is 30.2 Å². The Balaban J connectivity index is 2.05. The van der Waals surface area contributed by atoms with E-state index in [1.54, 1.807) is 12.1 Å². The number of hydrogen-bond donors (Lipinski definition) is 2. The summed E-state index contributed by atoms with van der Waals surface area (Å²) in [6.07, 6.45) is 2.15. The highest BCUT2D eigenvalue weighted by Crippen LogP contribution is 2.24. The Hall–Kier alpha value is -1.45. The van der Waals surface area contributed by atoms with Gasteiger partial charge in [-0.05, 0) is 24.3 Å². The molecule has 1 aliphatic rings. The lowest BCUT2D eigenvalue weighted by molar-refractivity contribution is -0.138. The molecule has 0 saturated carbocycles. The minimum Gasteiger partial charge on any atom is -0.481 e. The summed E-state index contributed by atoms with van der Waals surface area (Å²) in [5.74, 6) is -1.74. The zero-order valence-corrected chi connectivity index (χ0v) is 14.4. The first-order valence-electron chi connectivity index (χ1n) is 7.28. The quantitative estimate of drug-likeness (QED) is 0.789. The number of carbonyl (C=O) groups is 2. The molecule has 1 aromatic heterocycles. The van der Waals surface area contributed by atoms with Gasteiger partial charge in [0.25, 0.3) is 0 Å². The average molecular weight is 360 g/mol. The summed E-state index contributed by atoms with van der Waals surface area (Å²) < 4.78 is 24.6. The van der Waals surface area contributed by atoms with Gasteiger partial charge in [-0.2, -0.15) is 0 Å². The number of nitrogens with one attached hydrogen (secondary N) is 1. The smallest absolute Gasteiger partial charge is 0.305 e. The number of aliphatic carboxylic acids is 1. The van der Waals surface area contributed by atoms with Crippen LogP contribution in [0.15, 0.2) is 17.5 Å². The van der Waals surface area contributed by atoms with Gasteiger partial charge in [-0.25, -0.2) is 12.7 Å². The molecule has 0 aliphatic carbocycles. The highest BCUT2D eigenvalue weighted by atomic mass is 32.2. The topological polar surface area (TPSA) is 104 Å². The molecule has 1 amide bonds. The summed E-state index contributed by atoms with van der Waals surface area (Å²) in [6.45, 7) is 0.570. The maximum atomic E-state index is 12.4. The molecule has 0 aromatic carbocycles. The number of thiophene rings is 1. The number of carbonyl (C=O) groups excluding carboxylic acids is 1. The summed E-state index contributed by atoms with van der Waals surface area (Å²) in [7, 11) is -3.32. The third-order valence-corrected chi connectivity index (χ3v) is 6.06. The molecular weight excluding hydrogens is 340 g/mol. The summed E-state index contributed by atoms with van der Waals surface area (Å²) >= 11 is 1.38. The SMILES string of the molecule is CS(=O)(=O)N1CCCC(C(=O)NC(CC(=O)O)c2cccs2)C1. The van der Waals surface area contributed by atoms with Gasteiger partial charge in [0.15, 0.2) is 0 Å². The van der Waals surface area contributed by atoms with E-state index in [-0.39, 0.29) is 18.9 Å². The van der Waals surface area contributed by atoms with Crippen molar-refractivity contribution in [3.63, 3.8) is 0 Å². The Bertz CT molecular complexity index is 657. The van der Waals surface area contributed by atoms with E-state index in [0.717, 1.165) is 11.1 Å². The molecule has 7 nitrogen and oxygen atoms in total. The van der Waals surface area contributed by atoms with Gasteiger partial charge in [0.1, 0.15) is 0 Å². The molecular formula is C14H20N2O5S2. The second kappa shape index (κ2) is 7.41. The van der Waals surface area contributed by atoms with Crippen molar-refractivity contribution in [3.8, 4) is 0 Å². The first-order chi connectivity index (χ1) is 10.8. The van der Waals surface area contributed by atoms with Crippen molar-refractivity contribution in [2.75, 3.05) is 19.3 Å². The Morgan fingerprint density at radius 1 is 1.52 bits per heavy atom. The molecule has 1 fully saturated rings. The molecule has 1 saturated heterocycles. The van der Waals surface area contributed by atoms with Gasteiger partial charge in [0.05, 0.1) is 24.6 Å². The van der Waals surface area contributed by atoms with E-state index >= 15 is 0 Å². The fourth-order valence-corrected chi connectivity index (χ4v) is 4.32. The summed E-state index contributed by atoms with van der Waals surface area (Å²) in [5.41, 5.74) is 0. The van der Waals surface area contributed by atoms with E-state index in [4.69, 9.17) is 5.11 Å². The van der Waals surface area contributed by atoms with Gasteiger partial charge >= 0.3 is 5.97 Å². The second-order valence-corrected chi connectivity index (χ2v) is 8.60. The van der Waals surface area contributed by atoms with E-state index in [0.29, 0.717) is 19.4 Å². The van der Waals surface area contributed by atoms with Crippen molar-refractivity contribution < 1.29 is 23.1 Å². The van der Waals surface area contributed by atoms with Crippen LogP contribution < -0.4 is 5.32 Å². The Morgan fingerprint density at radius 2 is 2.26 bits per heavy atom. The van der Waals surface area contributed by atoms with Crippen LogP contribution in [0.2, 0.25) is 0 Å². The largest absolute Gasteiger partial charge is 0.481 e. The van der Waals surface area contributed by atoms with Crippen LogP contribution in [-0.2, 0) is 19.6 Å². The van der Waals surface area contributed by atoms with Crippen molar-refractivity contribution in [1.29, 1.82) is 0 Å². The van der Waals surface area contributed by atoms with Gasteiger partial charge in [-0.3, -0.25) is 9.59 Å². The molecule has 9 heteroatoms. The number of piperidine rings is 1. The van der Waals surface area contributed by atoms with Crippen LogP contribution >= 0.6 is 11.3 Å². The van der Waals surface area contributed by atoms with Crippen LogP contribution in [0.25, 0.3) is 0 Å². The number of carboxylic acid groups (broad SMARTS) is 1. The molecule has 0 radical (unpaired) electrons. The van der Waals surface area contributed by atoms with Gasteiger partial charge in [-0.1, -0.05) is 6.07 Å². The van der Waals surface area contributed by atoms with E-state index < -0.39 is 28.0 Å². The summed E-state index contributed by atoms with van der Waals surface area (Å²) in [5, 5.41) is 13.6. The Morgan fingerprint density at radius 3 is 2.83 bits per heavy atom. The number of carboxylic acids is 1. The fraction of sp³-hybridized carbons (Fsp3) is 0.571. The molecule has 2 heterocycles. The molecule has 1 aromatic rings. The minimum atomic E-state index is -3.32. The van der Waals surface area contributed by atoms with Crippen molar-refractivity contribution in [3.05, 3.63) is 22.4 Å². The van der Waals surface area contributed by atoms with Gasteiger partial charge in [0.2, 0.25) is 15.9 Å². The predicted octanol–water partition coefficient (Wildman–Crippen LogP) is 1.05. The molecule has 2 N–H and O–H groups in total. The third-order valence-electron chi connectivity index (χ3n) is 3.81. The zero-order valence-electron chi connectivity index (χ0n) is 12.8. The first-order valence-corrected chi connectivity index (χ1v) is 10.0. The Labute approximate surface area is 139 Å². The van der Waals surface area contributed by atoms with Gasteiger partial charge < -0.3 is 10.4 Å². The molecule has 1 aliphatic heterocycles. The van der Waals surface area contributed by atoms with E-state index in [9.17, 15) is 18.0 Å². The van der Waals surface area contributed by atoms with Crippen molar-refractivity contribution >= 4 is 33.2 Å². The maximum absolute atomic E-state index is 12.4. The maximum Gasteiger partial charge on any atom is 0.305 e. The van der Waals surface area contributed by atoms with Crippen molar-refractivity contribution in [2.45, 2.75) is 25.3 Å². The number of amides is 1. The summed E-state index contributed by atoms with van der Waals surface area (Å²) in [6, 6.07) is 2.99. The minimum absolute atomic E-state index is 0.148. The highest BCUT2D eigenvalue weighted by molar-refractivity contribution is 7.88. The molecule has 128 valence electrons. The predicted molar refractivity (Wildman–Crippen MR) is 86.6 cm³/mol. The lowest BCUT2D eigenvalue weighted by atomic mass is 9.98. The third kappa shape index (κ3) is 5.02. The second-order valence-electron chi connectivity index (χ2n) is 5.63. The Kier molecular flexibility index (Phi) is 5.77. The monoisotopic (exact) mass is 360 g/mol. The average Bonchev–Trinajstić information content (AvgIpc) is 2.99. The number of sulfonamides is 1. The van der Waals surface area contributed by atoms with Gasteiger partial charge in [-0.15, -0.1) is 11.3 Å². The van der Waals surface area contributed by atoms with Crippen LogP contribution in [0, 0.1) is 5.92 Å². The lowest BCUT2D eigenvalue weighted by Gasteiger charge is -2.31. The highest BCUT2D eigenvalue weighted by Gasteiger charge is 2.31. The van der Waals surface area contributed by atoms with E-state index in [2.05, 4.69) is 5.32 Å². The number of hydrogen-bond acceptors (Lipinski definition) is 5. The van der Waals surface area contributed by atoms with Crippen LogP contribution in [0.5, 0.6) is 0 Å².